The van der Waals surface area contributed by atoms with Gasteiger partial charge in [0.25, 0.3) is 5.91 Å². The number of carbonyl (C=O) groups is 4. The molecule has 0 aromatic carbocycles. The normalized spacial score (nSPS) is 35.0. The maximum atomic E-state index is 14.0. The third-order valence-corrected chi connectivity index (χ3v) is 9.88. The summed E-state index contributed by atoms with van der Waals surface area (Å²) in [6, 6.07) is -2.38. The van der Waals surface area contributed by atoms with Crippen LogP contribution in [0.2, 0.25) is 0 Å². The number of nitrogens with one attached hydrogen (secondary N) is 3. The van der Waals surface area contributed by atoms with E-state index in [2.05, 4.69) is 15.4 Å². The van der Waals surface area contributed by atoms with Crippen LogP contribution in [-0.4, -0.2) is 95.6 Å². The van der Waals surface area contributed by atoms with Gasteiger partial charge in [-0.2, -0.15) is 0 Å². The van der Waals surface area contributed by atoms with Crippen molar-refractivity contribution in [2.24, 2.45) is 5.92 Å². The highest BCUT2D eigenvalue weighted by Gasteiger charge is 2.62. The number of hydrogen-bond donors (Lipinski definition) is 4. The number of alkyl carbamates (subject to hydrolysis) is 1. The second-order valence-corrected chi connectivity index (χ2v) is 14.8. The van der Waals surface area contributed by atoms with Gasteiger partial charge in [0.1, 0.15) is 23.2 Å². The molecular formula is C28H44N4O9S. The second kappa shape index (κ2) is 12.1. The fourth-order valence-corrected chi connectivity index (χ4v) is 6.93. The molecule has 7 atom stereocenters. The monoisotopic (exact) mass is 612 g/mol. The number of amides is 4. The van der Waals surface area contributed by atoms with E-state index in [0.29, 0.717) is 32.1 Å². The van der Waals surface area contributed by atoms with E-state index in [4.69, 9.17) is 9.47 Å². The van der Waals surface area contributed by atoms with Crippen LogP contribution in [0.4, 0.5) is 4.79 Å². The van der Waals surface area contributed by atoms with Gasteiger partial charge in [0.05, 0.1) is 23.6 Å². The van der Waals surface area contributed by atoms with Gasteiger partial charge in [-0.3, -0.25) is 19.1 Å². The predicted molar refractivity (Wildman–Crippen MR) is 151 cm³/mol. The summed E-state index contributed by atoms with van der Waals surface area (Å²) in [7, 11) is -3.86. The van der Waals surface area contributed by atoms with E-state index in [1.54, 1.807) is 26.8 Å². The van der Waals surface area contributed by atoms with E-state index in [9.17, 15) is 32.7 Å². The number of sulfonamides is 1. The lowest BCUT2D eigenvalue weighted by atomic mass is 10.0. The fourth-order valence-electron chi connectivity index (χ4n) is 5.57. The van der Waals surface area contributed by atoms with Crippen LogP contribution in [0.25, 0.3) is 0 Å². The van der Waals surface area contributed by atoms with E-state index < -0.39 is 80.4 Å². The van der Waals surface area contributed by atoms with E-state index in [1.165, 1.54) is 4.90 Å². The number of aliphatic hydroxyl groups is 1. The first-order chi connectivity index (χ1) is 19.6. The zero-order chi connectivity index (χ0) is 31.0. The molecule has 4 amide bonds. The second-order valence-electron chi connectivity index (χ2n) is 12.9. The van der Waals surface area contributed by atoms with Gasteiger partial charge < -0.3 is 30.1 Å². The average Bonchev–Trinajstić information content (AvgIpc) is 3.80. The van der Waals surface area contributed by atoms with E-state index >= 15 is 0 Å². The highest BCUT2D eigenvalue weighted by molar-refractivity contribution is 7.91. The van der Waals surface area contributed by atoms with Crippen molar-refractivity contribution in [1.82, 2.24) is 20.3 Å². The molecule has 0 bridgehead atoms. The molecule has 2 aliphatic carbocycles. The summed E-state index contributed by atoms with van der Waals surface area (Å²) in [6.07, 6.45) is 3.29. The van der Waals surface area contributed by atoms with Crippen molar-refractivity contribution in [1.29, 1.82) is 0 Å². The lowest BCUT2D eigenvalue weighted by Crippen LogP contribution is -2.60. The quantitative estimate of drug-likeness (QED) is 0.328. The zero-order valence-electron chi connectivity index (χ0n) is 24.9. The van der Waals surface area contributed by atoms with Crippen LogP contribution in [0.3, 0.4) is 0 Å². The van der Waals surface area contributed by atoms with Crippen molar-refractivity contribution in [3.8, 4) is 0 Å². The van der Waals surface area contributed by atoms with Gasteiger partial charge in [0.15, 0.2) is 0 Å². The lowest BCUT2D eigenvalue weighted by molar-refractivity contribution is -0.145. The summed E-state index contributed by atoms with van der Waals surface area (Å²) in [5.41, 5.74) is -2.33. The van der Waals surface area contributed by atoms with Crippen LogP contribution < -0.4 is 15.4 Å². The zero-order valence-corrected chi connectivity index (χ0v) is 25.7. The van der Waals surface area contributed by atoms with Crippen molar-refractivity contribution < 1.29 is 42.2 Å². The number of rotatable bonds is 5. The smallest absolute Gasteiger partial charge is 0.408 e. The van der Waals surface area contributed by atoms with Crippen LogP contribution in [0.5, 0.6) is 0 Å². The van der Waals surface area contributed by atoms with Crippen LogP contribution >= 0.6 is 0 Å². The molecular weight excluding hydrogens is 568 g/mol. The van der Waals surface area contributed by atoms with Crippen molar-refractivity contribution in [2.45, 2.75) is 126 Å². The van der Waals surface area contributed by atoms with Gasteiger partial charge in [-0.25, -0.2) is 13.2 Å². The molecule has 4 N–H and O–H groups in total. The van der Waals surface area contributed by atoms with Gasteiger partial charge in [-0.05, 0) is 66.2 Å². The Morgan fingerprint density at radius 1 is 1.24 bits per heavy atom. The highest BCUT2D eigenvalue weighted by Crippen LogP contribution is 2.46. The molecule has 0 spiro atoms. The number of nitrogens with zero attached hydrogens (tertiary/aromatic N) is 1. The first kappa shape index (κ1) is 32.2. The molecule has 3 fully saturated rings. The molecule has 4 aliphatic rings. The van der Waals surface area contributed by atoms with Crippen LogP contribution in [0.15, 0.2) is 12.2 Å². The Balaban J connectivity index is 1.65. The number of ether oxygens (including phenoxy) is 2. The summed E-state index contributed by atoms with van der Waals surface area (Å²) >= 11 is 0. The molecule has 2 aliphatic heterocycles. The number of allylic oxidation sites excluding steroid dienone is 1. The fraction of sp³-hybridized carbons (Fsp3) is 0.786. The number of hydrogen-bond acceptors (Lipinski definition) is 9. The Kier molecular flexibility index (Phi) is 9.29. The maximum Gasteiger partial charge on any atom is 0.408 e. The Bertz CT molecular complexity index is 1210. The summed E-state index contributed by atoms with van der Waals surface area (Å²) < 4.78 is 38.9. The molecule has 4 rings (SSSR count). The number of fused-ring (bicyclic) bond motifs is 2. The standard InChI is InChI=1S/C28H44N4O9S/c1-6-21-22(29-26(37)41-27(3,4)5)24(35)32-15-18(33)13-20(32)23(34)30-28(25(36)31-42(38,39)19-11-12-19)14-17(28)10-8-7-9-16(2)40-21/h8,10,16-22,33H,6-7,9,11-15H2,1-5H3,(H,29,37)(H,30,34)(H,31,36)/b10-8-/t16-,17-,18-,20+,21+,22+,28-/m1/s1. The van der Waals surface area contributed by atoms with Crippen LogP contribution in [-0.2, 0) is 33.9 Å². The first-order valence-corrected chi connectivity index (χ1v) is 16.3. The van der Waals surface area contributed by atoms with Crippen molar-refractivity contribution in [2.75, 3.05) is 6.54 Å². The third-order valence-electron chi connectivity index (χ3n) is 8.06. The summed E-state index contributed by atoms with van der Waals surface area (Å²) in [4.78, 5) is 55.0. The molecule has 2 saturated carbocycles. The number of aliphatic hydroxyl groups excluding tert-OH is 1. The molecule has 13 nitrogen and oxygen atoms in total. The lowest BCUT2D eigenvalue weighted by Gasteiger charge is -2.34. The van der Waals surface area contributed by atoms with Gasteiger partial charge in [-0.15, -0.1) is 0 Å². The molecule has 0 aromatic rings. The minimum Gasteiger partial charge on any atom is -0.444 e. The molecule has 2 heterocycles. The molecule has 236 valence electrons. The van der Waals surface area contributed by atoms with Crippen molar-refractivity contribution in [3.63, 3.8) is 0 Å². The SMILES string of the molecule is CC[C@@H]1O[C@H](C)CC/C=C\[C@@H]2C[C@@]2(C(=O)NS(=O)(=O)C2CC2)NC(=O)[C@@H]2C[C@@H](O)CN2C(=O)[C@H]1NC(=O)OC(C)(C)C. The van der Waals surface area contributed by atoms with Gasteiger partial charge >= 0.3 is 6.09 Å². The summed E-state index contributed by atoms with van der Waals surface area (Å²) in [5, 5.41) is 15.3. The van der Waals surface area contributed by atoms with Crippen molar-refractivity contribution >= 4 is 33.8 Å². The Labute approximate surface area is 247 Å². The Hall–Kier alpha value is -2.71. The summed E-state index contributed by atoms with van der Waals surface area (Å²) in [6.45, 7) is 8.58. The third kappa shape index (κ3) is 7.43. The highest BCUT2D eigenvalue weighted by atomic mass is 32.2. The maximum absolute atomic E-state index is 14.0. The molecule has 0 radical (unpaired) electrons. The van der Waals surface area contributed by atoms with E-state index in [-0.39, 0.29) is 25.5 Å². The Morgan fingerprint density at radius 2 is 1.93 bits per heavy atom. The van der Waals surface area contributed by atoms with Crippen LogP contribution in [0.1, 0.15) is 79.6 Å². The van der Waals surface area contributed by atoms with Crippen LogP contribution in [0, 0.1) is 5.92 Å². The molecule has 1 saturated heterocycles. The molecule has 0 aromatic heterocycles. The van der Waals surface area contributed by atoms with E-state index in [0.717, 1.165) is 0 Å². The minimum atomic E-state index is -3.86. The Morgan fingerprint density at radius 3 is 2.55 bits per heavy atom. The van der Waals surface area contributed by atoms with Gasteiger partial charge in [-0.1, -0.05) is 19.1 Å². The first-order valence-electron chi connectivity index (χ1n) is 14.7. The molecule has 14 heteroatoms. The molecule has 0 unspecified atom stereocenters. The predicted octanol–water partition coefficient (Wildman–Crippen LogP) is 0.859. The van der Waals surface area contributed by atoms with E-state index in [1.807, 2.05) is 19.9 Å². The topological polar surface area (TPSA) is 180 Å². The molecule has 42 heavy (non-hydrogen) atoms. The average molecular weight is 613 g/mol. The van der Waals surface area contributed by atoms with Gasteiger partial charge in [0.2, 0.25) is 21.8 Å². The minimum absolute atomic E-state index is 0.0939. The summed E-state index contributed by atoms with van der Waals surface area (Å²) in [5.74, 6) is -2.59. The largest absolute Gasteiger partial charge is 0.444 e. The van der Waals surface area contributed by atoms with Gasteiger partial charge in [0, 0.05) is 18.9 Å². The van der Waals surface area contributed by atoms with Crippen molar-refractivity contribution in [3.05, 3.63) is 12.2 Å². The number of carbonyl (C=O) groups excluding carboxylic acids is 4.